The van der Waals surface area contributed by atoms with Crippen LogP contribution in [0.3, 0.4) is 0 Å². The molecule has 2 N–H and O–H groups in total. The maximum absolute atomic E-state index is 14.0. The number of fused-ring (bicyclic) bond motifs is 1. The maximum atomic E-state index is 14.0. The molecule has 0 radical (unpaired) electrons. The van der Waals surface area contributed by atoms with E-state index in [9.17, 15) is 9.18 Å². The quantitative estimate of drug-likeness (QED) is 0.593. The number of nitrogens with one attached hydrogen (secondary N) is 2. The second-order valence-corrected chi connectivity index (χ2v) is 8.34. The number of aryl methyl sites for hydroxylation is 1. The van der Waals surface area contributed by atoms with E-state index in [0.717, 1.165) is 10.0 Å². The molecule has 150 valence electrons. The van der Waals surface area contributed by atoms with Gasteiger partial charge in [0, 0.05) is 0 Å². The number of carbonyl (C=O) groups is 1. The van der Waals surface area contributed by atoms with Crippen LogP contribution in [0.4, 0.5) is 10.1 Å². The molecule has 0 aliphatic carbocycles. The second-order valence-electron chi connectivity index (χ2n) is 6.37. The van der Waals surface area contributed by atoms with Crippen LogP contribution in [0.1, 0.15) is 17.4 Å². The third kappa shape index (κ3) is 3.82. The van der Waals surface area contributed by atoms with Crippen LogP contribution in [0.25, 0.3) is 0 Å². The number of para-hydroxylation sites is 1. The summed E-state index contributed by atoms with van der Waals surface area (Å²) in [6, 6.07) is 11.3. The molecule has 0 spiro atoms. The molecule has 0 fully saturated rings. The summed E-state index contributed by atoms with van der Waals surface area (Å²) in [5.74, 6) is 0.539. The zero-order valence-electron chi connectivity index (χ0n) is 15.5. The van der Waals surface area contributed by atoms with Gasteiger partial charge in [-0.05, 0) is 52.7 Å². The van der Waals surface area contributed by atoms with Crippen molar-refractivity contribution in [2.75, 3.05) is 17.9 Å². The van der Waals surface area contributed by atoms with Crippen LogP contribution >= 0.6 is 27.7 Å². The minimum atomic E-state index is -0.606. The first-order valence-corrected chi connectivity index (χ1v) is 10.4. The van der Waals surface area contributed by atoms with Crippen LogP contribution in [0.5, 0.6) is 5.75 Å². The molecule has 2 heterocycles. The highest BCUT2D eigenvalue weighted by molar-refractivity contribution is 9.10. The lowest BCUT2D eigenvalue weighted by molar-refractivity contribution is -0.116. The first kappa shape index (κ1) is 19.7. The molecule has 10 heteroatoms. The summed E-state index contributed by atoms with van der Waals surface area (Å²) >= 11 is 4.77. The van der Waals surface area contributed by atoms with Gasteiger partial charge in [0.1, 0.15) is 22.6 Å². The highest BCUT2D eigenvalue weighted by Gasteiger charge is 2.37. The number of carbonyl (C=O) groups excluding carboxylic acids is 1. The van der Waals surface area contributed by atoms with Gasteiger partial charge in [-0.15, -0.1) is 10.2 Å². The summed E-state index contributed by atoms with van der Waals surface area (Å²) in [6.45, 7) is 1.82. The fourth-order valence-corrected chi connectivity index (χ4v) is 4.74. The van der Waals surface area contributed by atoms with E-state index in [1.165, 1.54) is 23.9 Å². The third-order valence-corrected chi connectivity index (χ3v) is 6.36. The molecule has 1 aromatic heterocycles. The van der Waals surface area contributed by atoms with E-state index < -0.39 is 17.1 Å². The Morgan fingerprint density at radius 1 is 1.31 bits per heavy atom. The summed E-state index contributed by atoms with van der Waals surface area (Å²) in [5, 5.41) is 10.8. The monoisotopic (exact) mass is 477 g/mol. The molecule has 2 aromatic carbocycles. The molecule has 2 atom stereocenters. The Balaban J connectivity index is 1.70. The largest absolute Gasteiger partial charge is 0.496 e. The normalized spacial score (nSPS) is 17.9. The molecule has 1 amide bonds. The van der Waals surface area contributed by atoms with Crippen LogP contribution < -0.4 is 15.5 Å². The number of anilines is 1. The molecule has 0 bridgehead atoms. The van der Waals surface area contributed by atoms with Gasteiger partial charge in [0.05, 0.1) is 23.3 Å². The molecule has 7 nitrogen and oxygen atoms in total. The van der Waals surface area contributed by atoms with Crippen molar-refractivity contribution in [1.82, 2.24) is 14.9 Å². The lowest BCUT2D eigenvalue weighted by Crippen LogP contribution is -2.41. The van der Waals surface area contributed by atoms with E-state index in [-0.39, 0.29) is 11.6 Å². The predicted molar refractivity (Wildman–Crippen MR) is 112 cm³/mol. The van der Waals surface area contributed by atoms with Gasteiger partial charge in [-0.1, -0.05) is 30.0 Å². The lowest BCUT2D eigenvalue weighted by atomic mass is 10.0. The van der Waals surface area contributed by atoms with E-state index in [0.29, 0.717) is 16.7 Å². The van der Waals surface area contributed by atoms with Crippen molar-refractivity contribution < 1.29 is 13.9 Å². The minimum Gasteiger partial charge on any atom is -0.496 e. The van der Waals surface area contributed by atoms with Crippen LogP contribution in [-0.4, -0.2) is 33.1 Å². The Bertz CT molecular complexity index is 1080. The standard InChI is InChI=1S/C19H17BrFN5O2S/c1-10-23-24-19-26(10)25-16(11-7-8-15(28-2)12(20)9-11)17(29-19)18(27)22-14-6-4-3-5-13(14)21/h3-9,16-17,25H,1-2H3,(H,22,27)/t16-,17+/m1/s1. The van der Waals surface area contributed by atoms with Crippen molar-refractivity contribution in [3.05, 3.63) is 64.1 Å². The molecule has 0 saturated heterocycles. The molecule has 0 unspecified atom stereocenters. The minimum absolute atomic E-state index is 0.135. The Morgan fingerprint density at radius 3 is 2.83 bits per heavy atom. The van der Waals surface area contributed by atoms with Gasteiger partial charge in [0.15, 0.2) is 0 Å². The van der Waals surface area contributed by atoms with Gasteiger partial charge in [0.2, 0.25) is 11.1 Å². The van der Waals surface area contributed by atoms with Crippen LogP contribution in [0, 0.1) is 12.7 Å². The van der Waals surface area contributed by atoms with Crippen molar-refractivity contribution in [2.45, 2.75) is 23.4 Å². The number of thioether (sulfide) groups is 1. The van der Waals surface area contributed by atoms with E-state index in [1.54, 1.807) is 23.9 Å². The van der Waals surface area contributed by atoms with Gasteiger partial charge in [-0.25, -0.2) is 9.07 Å². The summed E-state index contributed by atoms with van der Waals surface area (Å²) in [6.07, 6.45) is 0. The topological polar surface area (TPSA) is 81.1 Å². The number of rotatable bonds is 4. The Hall–Kier alpha value is -2.59. The Kier molecular flexibility index (Phi) is 5.46. The fourth-order valence-electron chi connectivity index (χ4n) is 3.05. The number of amides is 1. The molecule has 1 aliphatic rings. The van der Waals surface area contributed by atoms with E-state index >= 15 is 0 Å². The van der Waals surface area contributed by atoms with Crippen LogP contribution in [0.2, 0.25) is 0 Å². The number of hydrogen-bond acceptors (Lipinski definition) is 6. The molecular weight excluding hydrogens is 461 g/mol. The van der Waals surface area contributed by atoms with Gasteiger partial charge in [-0.2, -0.15) is 0 Å². The number of nitrogens with zero attached hydrogens (tertiary/aromatic N) is 3. The van der Waals surface area contributed by atoms with Crippen molar-refractivity contribution in [2.24, 2.45) is 0 Å². The summed E-state index contributed by atoms with van der Waals surface area (Å²) in [5.41, 5.74) is 4.31. The van der Waals surface area contributed by atoms with Crippen molar-refractivity contribution in [3.63, 3.8) is 0 Å². The summed E-state index contributed by atoms with van der Waals surface area (Å²) in [7, 11) is 1.59. The van der Waals surface area contributed by atoms with Gasteiger partial charge >= 0.3 is 0 Å². The zero-order chi connectivity index (χ0) is 20.5. The number of hydrogen-bond donors (Lipinski definition) is 2. The lowest BCUT2D eigenvalue weighted by Gasteiger charge is -2.33. The molecule has 4 rings (SSSR count). The van der Waals surface area contributed by atoms with Crippen LogP contribution in [0.15, 0.2) is 52.1 Å². The number of benzene rings is 2. The van der Waals surface area contributed by atoms with E-state index in [2.05, 4.69) is 36.9 Å². The molecule has 1 aliphatic heterocycles. The molecule has 0 saturated carbocycles. The molecular formula is C19H17BrFN5O2S. The molecule has 3 aromatic rings. The second kappa shape index (κ2) is 8.03. The van der Waals surface area contributed by atoms with Gasteiger partial charge in [0.25, 0.3) is 0 Å². The average molecular weight is 478 g/mol. The number of halogens is 2. The number of methoxy groups -OCH3 is 1. The first-order chi connectivity index (χ1) is 14.0. The highest BCUT2D eigenvalue weighted by atomic mass is 79.9. The van der Waals surface area contributed by atoms with Crippen molar-refractivity contribution in [3.8, 4) is 5.75 Å². The Labute approximate surface area is 179 Å². The SMILES string of the molecule is COc1ccc([C@H]2Nn3c(C)nnc3S[C@@H]2C(=O)Nc2ccccc2F)cc1Br. The van der Waals surface area contributed by atoms with Crippen molar-refractivity contribution >= 4 is 39.3 Å². The van der Waals surface area contributed by atoms with Gasteiger partial charge < -0.3 is 15.5 Å². The van der Waals surface area contributed by atoms with E-state index in [1.807, 2.05) is 25.1 Å². The van der Waals surface area contributed by atoms with Crippen molar-refractivity contribution in [1.29, 1.82) is 0 Å². The number of ether oxygens (including phenoxy) is 1. The van der Waals surface area contributed by atoms with Gasteiger partial charge in [-0.3, -0.25) is 4.79 Å². The van der Waals surface area contributed by atoms with E-state index in [4.69, 9.17) is 4.74 Å². The van der Waals surface area contributed by atoms with Crippen LogP contribution in [-0.2, 0) is 4.79 Å². The summed E-state index contributed by atoms with van der Waals surface area (Å²) < 4.78 is 21.8. The maximum Gasteiger partial charge on any atom is 0.240 e. The fraction of sp³-hybridized carbons (Fsp3) is 0.211. The first-order valence-electron chi connectivity index (χ1n) is 8.72. The molecule has 29 heavy (non-hydrogen) atoms. The zero-order valence-corrected chi connectivity index (χ0v) is 17.9. The average Bonchev–Trinajstić information content (AvgIpc) is 3.08. The third-order valence-electron chi connectivity index (χ3n) is 4.52. The smallest absolute Gasteiger partial charge is 0.240 e. The highest BCUT2D eigenvalue weighted by Crippen LogP contribution is 2.39. The Morgan fingerprint density at radius 2 is 2.10 bits per heavy atom. The summed E-state index contributed by atoms with van der Waals surface area (Å²) in [4.78, 5) is 13.1. The predicted octanol–water partition coefficient (Wildman–Crippen LogP) is 3.89. The number of aromatic nitrogens is 3.